The number of anilines is 1. The summed E-state index contributed by atoms with van der Waals surface area (Å²) in [5, 5.41) is 14.4. The second kappa shape index (κ2) is 11.0. The molecule has 15 heteroatoms. The van der Waals surface area contributed by atoms with Gasteiger partial charge in [-0.15, -0.1) is 0 Å². The lowest BCUT2D eigenvalue weighted by molar-refractivity contribution is -0.139. The van der Waals surface area contributed by atoms with Gasteiger partial charge in [0.05, 0.1) is 33.8 Å². The molecule has 3 N–H and O–H groups in total. The van der Waals surface area contributed by atoms with E-state index < -0.39 is 75.4 Å². The maximum atomic E-state index is 15.0. The van der Waals surface area contributed by atoms with Gasteiger partial charge in [0.1, 0.15) is 5.75 Å². The monoisotopic (exact) mass is 704 g/mol. The topological polar surface area (TPSA) is 129 Å². The summed E-state index contributed by atoms with van der Waals surface area (Å²) in [7, 11) is 0. The van der Waals surface area contributed by atoms with Gasteiger partial charge in [-0.2, -0.15) is 18.2 Å². The van der Waals surface area contributed by atoms with E-state index in [2.05, 4.69) is 15.7 Å². The average Bonchev–Trinajstić information content (AvgIpc) is 3.43. The SMILES string of the molecule is O=C1NC(=O)C2C1CC=C1C2CC2C(=O)N(Nc3ncc(C(F)(F)F)cc3Cl)C(=O)C2(c2ccc(Cl)cc2)C1c1cc(Cl)ccc1O. The second-order valence-corrected chi connectivity index (χ2v) is 13.3. The number of benzene rings is 2. The highest BCUT2D eigenvalue weighted by Gasteiger charge is 2.70. The Morgan fingerprint density at radius 1 is 0.957 bits per heavy atom. The van der Waals surface area contributed by atoms with E-state index in [4.69, 9.17) is 34.8 Å². The zero-order chi connectivity index (χ0) is 33.6. The predicted octanol–water partition coefficient (Wildman–Crippen LogP) is 6.04. The molecule has 3 fully saturated rings. The molecule has 2 aliphatic carbocycles. The number of phenols is 1. The molecule has 1 aromatic heterocycles. The van der Waals surface area contributed by atoms with E-state index in [-0.39, 0.29) is 35.0 Å². The molecule has 4 amide bonds. The van der Waals surface area contributed by atoms with E-state index in [0.717, 1.165) is 0 Å². The molecule has 3 aromatic rings. The lowest BCUT2D eigenvalue weighted by atomic mass is 9.49. The van der Waals surface area contributed by atoms with Crippen LogP contribution in [0.25, 0.3) is 0 Å². The number of carbonyl (C=O) groups is 4. The molecule has 7 rings (SSSR count). The van der Waals surface area contributed by atoms with Crippen LogP contribution in [0.15, 0.2) is 66.4 Å². The van der Waals surface area contributed by atoms with Gasteiger partial charge in [-0.25, -0.2) is 4.98 Å². The number of alkyl halides is 3. The summed E-state index contributed by atoms with van der Waals surface area (Å²) in [6.45, 7) is 0. The van der Waals surface area contributed by atoms with E-state index in [9.17, 15) is 37.5 Å². The quantitative estimate of drug-likeness (QED) is 0.223. The van der Waals surface area contributed by atoms with Gasteiger partial charge in [0.25, 0.3) is 11.8 Å². The van der Waals surface area contributed by atoms with Gasteiger partial charge in [0.15, 0.2) is 5.82 Å². The molecule has 0 bridgehead atoms. The third-order valence-corrected chi connectivity index (χ3v) is 10.5. The Bertz CT molecular complexity index is 1920. The van der Waals surface area contributed by atoms with Crippen molar-refractivity contribution < 1.29 is 37.5 Å². The summed E-state index contributed by atoms with van der Waals surface area (Å²) in [4.78, 5) is 59.1. The first kappa shape index (κ1) is 31.5. The molecule has 0 spiro atoms. The molecule has 3 heterocycles. The van der Waals surface area contributed by atoms with Crippen molar-refractivity contribution >= 4 is 64.2 Å². The van der Waals surface area contributed by atoms with Gasteiger partial charge in [-0.1, -0.05) is 58.6 Å². The van der Waals surface area contributed by atoms with Crippen LogP contribution in [0.4, 0.5) is 19.0 Å². The standard InChI is InChI=1S/C32H22Cl3F3N4O5/c33-15-3-1-13(2-4-15)31-21(29(46)42(30(31)47)41-26-22(35)9-14(12-39-26)32(36,37)38)11-19-17(6-7-18-24(19)28(45)40-27(18)44)25(31)20-10-16(34)5-8-23(20)43/h1-6,8-10,12,18-19,21,24-25,43H,7,11H2,(H,39,41)(H,40,44,45). The number of hydrazine groups is 1. The number of imide groups is 2. The molecular weight excluding hydrogens is 684 g/mol. The number of halogens is 6. The van der Waals surface area contributed by atoms with Crippen molar-refractivity contribution in [3.63, 3.8) is 0 Å². The zero-order valence-corrected chi connectivity index (χ0v) is 26.1. The van der Waals surface area contributed by atoms with Crippen LogP contribution in [0.5, 0.6) is 5.75 Å². The van der Waals surface area contributed by atoms with Gasteiger partial charge < -0.3 is 5.11 Å². The number of hydrogen-bond donors (Lipinski definition) is 3. The van der Waals surface area contributed by atoms with Crippen LogP contribution in [0.1, 0.15) is 35.4 Å². The van der Waals surface area contributed by atoms with Crippen LogP contribution in [0.2, 0.25) is 15.1 Å². The maximum absolute atomic E-state index is 15.0. The summed E-state index contributed by atoms with van der Waals surface area (Å²) in [5.41, 5.74) is 0.734. The molecule has 9 nitrogen and oxygen atoms in total. The summed E-state index contributed by atoms with van der Waals surface area (Å²) in [6, 6.07) is 11.2. The van der Waals surface area contributed by atoms with Crippen molar-refractivity contribution in [2.75, 3.05) is 5.43 Å². The smallest absolute Gasteiger partial charge is 0.417 e. The molecule has 4 aliphatic rings. The summed E-state index contributed by atoms with van der Waals surface area (Å²) >= 11 is 18.8. The lowest BCUT2D eigenvalue weighted by Gasteiger charge is -2.50. The van der Waals surface area contributed by atoms with Gasteiger partial charge >= 0.3 is 6.18 Å². The third kappa shape index (κ3) is 4.71. The fourth-order valence-corrected chi connectivity index (χ4v) is 8.31. The highest BCUT2D eigenvalue weighted by molar-refractivity contribution is 6.33. The fourth-order valence-electron chi connectivity index (χ4n) is 7.79. The second-order valence-electron chi connectivity index (χ2n) is 12.0. The normalized spacial score (nSPS) is 28.4. The Morgan fingerprint density at radius 3 is 2.34 bits per heavy atom. The number of fused-ring (bicyclic) bond motifs is 4. The van der Waals surface area contributed by atoms with Crippen LogP contribution in [-0.2, 0) is 30.8 Å². The van der Waals surface area contributed by atoms with Crippen molar-refractivity contribution in [3.8, 4) is 5.75 Å². The maximum Gasteiger partial charge on any atom is 0.417 e. The first-order chi connectivity index (χ1) is 22.2. The highest BCUT2D eigenvalue weighted by atomic mass is 35.5. The Kier molecular flexibility index (Phi) is 7.34. The molecule has 6 atom stereocenters. The lowest BCUT2D eigenvalue weighted by Crippen LogP contribution is -2.53. The largest absolute Gasteiger partial charge is 0.508 e. The van der Waals surface area contributed by atoms with E-state index in [1.807, 2.05) is 0 Å². The van der Waals surface area contributed by atoms with Gasteiger partial charge in [-0.05, 0) is 60.7 Å². The number of carbonyl (C=O) groups excluding carboxylic acids is 4. The number of rotatable bonds is 4. The summed E-state index contributed by atoms with van der Waals surface area (Å²) in [5.74, 6) is -7.67. The van der Waals surface area contributed by atoms with Crippen LogP contribution in [0.3, 0.4) is 0 Å². The first-order valence-electron chi connectivity index (χ1n) is 14.4. The molecule has 242 valence electrons. The Balaban J connectivity index is 1.45. The molecule has 6 unspecified atom stereocenters. The molecule has 2 saturated heterocycles. The van der Waals surface area contributed by atoms with E-state index in [0.29, 0.717) is 33.4 Å². The number of phenolic OH excluding ortho intramolecular Hbond substituents is 1. The Hall–Kier alpha value is -4.13. The van der Waals surface area contributed by atoms with Crippen molar-refractivity contribution in [1.29, 1.82) is 0 Å². The number of nitrogens with zero attached hydrogens (tertiary/aromatic N) is 2. The molecular formula is C32H22Cl3F3N4O5. The molecule has 0 radical (unpaired) electrons. The average molecular weight is 706 g/mol. The van der Waals surface area contributed by atoms with Gasteiger partial charge in [0, 0.05) is 27.7 Å². The number of amides is 4. The summed E-state index contributed by atoms with van der Waals surface area (Å²) < 4.78 is 40.0. The third-order valence-electron chi connectivity index (χ3n) is 9.70. The van der Waals surface area contributed by atoms with Crippen molar-refractivity contribution in [1.82, 2.24) is 15.3 Å². The fraction of sp³-hybridized carbons (Fsp3) is 0.281. The number of hydrogen-bond acceptors (Lipinski definition) is 7. The van der Waals surface area contributed by atoms with Crippen LogP contribution < -0.4 is 10.7 Å². The van der Waals surface area contributed by atoms with Crippen LogP contribution in [-0.4, -0.2) is 38.7 Å². The van der Waals surface area contributed by atoms with Crippen molar-refractivity contribution in [2.24, 2.45) is 23.7 Å². The minimum absolute atomic E-state index is 0.0505. The minimum atomic E-state index is -4.75. The Morgan fingerprint density at radius 2 is 1.66 bits per heavy atom. The number of allylic oxidation sites excluding steroid dienone is 2. The van der Waals surface area contributed by atoms with Crippen LogP contribution >= 0.6 is 34.8 Å². The Labute approximate surface area is 279 Å². The van der Waals surface area contributed by atoms with Crippen molar-refractivity contribution in [2.45, 2.75) is 30.4 Å². The minimum Gasteiger partial charge on any atom is -0.508 e. The first-order valence-corrected chi connectivity index (χ1v) is 15.5. The number of pyridine rings is 1. The van der Waals surface area contributed by atoms with E-state index >= 15 is 0 Å². The van der Waals surface area contributed by atoms with Crippen molar-refractivity contribution in [3.05, 3.63) is 98.1 Å². The summed E-state index contributed by atoms with van der Waals surface area (Å²) in [6.07, 6.45) is -2.33. The molecule has 2 aliphatic heterocycles. The van der Waals surface area contributed by atoms with Crippen LogP contribution in [0, 0.1) is 23.7 Å². The highest BCUT2D eigenvalue weighted by Crippen LogP contribution is 2.64. The zero-order valence-electron chi connectivity index (χ0n) is 23.8. The van der Waals surface area contributed by atoms with E-state index in [1.54, 1.807) is 30.3 Å². The predicted molar refractivity (Wildman–Crippen MR) is 163 cm³/mol. The molecule has 47 heavy (non-hydrogen) atoms. The van der Waals surface area contributed by atoms with E-state index in [1.165, 1.54) is 18.2 Å². The number of aromatic nitrogens is 1. The van der Waals surface area contributed by atoms with Gasteiger partial charge in [-0.3, -0.25) is 29.9 Å². The van der Waals surface area contributed by atoms with Gasteiger partial charge in [0.2, 0.25) is 11.8 Å². The number of nitrogens with one attached hydrogen (secondary N) is 2. The molecule has 2 aromatic carbocycles. The molecule has 1 saturated carbocycles. The number of aromatic hydroxyl groups is 1.